The number of nitrogens with zero attached hydrogens (tertiary/aromatic N) is 1. The Kier molecular flexibility index (Phi) is 6.61. The van der Waals surface area contributed by atoms with Crippen LogP contribution in [0.4, 0.5) is 0 Å². The van der Waals surface area contributed by atoms with Crippen LogP contribution in [0.25, 0.3) is 10.2 Å². The van der Waals surface area contributed by atoms with Crippen molar-refractivity contribution in [3.05, 3.63) is 28.2 Å². The van der Waals surface area contributed by atoms with Crippen molar-refractivity contribution in [3.8, 4) is 0 Å². The molecule has 0 saturated carbocycles. The molecule has 5 nitrogen and oxygen atoms in total. The molecule has 0 spiro atoms. The van der Waals surface area contributed by atoms with Gasteiger partial charge in [0.25, 0.3) is 0 Å². The first-order valence-electron chi connectivity index (χ1n) is 5.07. The second kappa shape index (κ2) is 7.28. The van der Waals surface area contributed by atoms with Gasteiger partial charge in [0.1, 0.15) is 6.73 Å². The molecule has 1 aromatic heterocycles. The van der Waals surface area contributed by atoms with Crippen LogP contribution in [0.15, 0.2) is 24.3 Å². The Morgan fingerprint density at radius 3 is 2.74 bits per heavy atom. The minimum absolute atomic E-state index is 0. The Morgan fingerprint density at radius 1 is 1.37 bits per heavy atom. The fraction of sp³-hybridized carbons (Fsp3) is 0.300. The molecule has 0 radical (unpaired) electrons. The van der Waals surface area contributed by atoms with Crippen molar-refractivity contribution in [1.82, 2.24) is 4.57 Å². The Labute approximate surface area is 142 Å². The molecule has 0 aliphatic carbocycles. The molecule has 19 heavy (non-hydrogen) atoms. The van der Waals surface area contributed by atoms with Crippen molar-refractivity contribution in [1.29, 1.82) is 0 Å². The van der Waals surface area contributed by atoms with Crippen molar-refractivity contribution in [2.75, 3.05) is 12.4 Å². The summed E-state index contributed by atoms with van der Waals surface area (Å²) in [4.78, 5) is 0. The van der Waals surface area contributed by atoms with Gasteiger partial charge in [-0.1, -0.05) is 12.1 Å². The number of hydrogen-bond acceptors (Lipinski definition) is 6. The predicted octanol–water partition coefficient (Wildman–Crippen LogP) is -1.04. The molecule has 1 aromatic carbocycles. The standard InChI is InChI=1S/C10H11NO4S3.Na/c12-18(13,14)6-5-15-7-11-8-3-1-2-4-9(8)17-10(11)16;/h1-4H,5-7H2,(H,12,13,14);/q;+1/p-1. The molecule has 0 saturated heterocycles. The van der Waals surface area contributed by atoms with Gasteiger partial charge < -0.3 is 9.29 Å². The van der Waals surface area contributed by atoms with Crippen molar-refractivity contribution in [2.24, 2.45) is 0 Å². The van der Waals surface area contributed by atoms with Gasteiger partial charge in [-0.3, -0.25) is 4.57 Å². The van der Waals surface area contributed by atoms with Crippen LogP contribution in [-0.4, -0.2) is 29.9 Å². The third-order valence-corrected chi connectivity index (χ3v) is 4.37. The number of hydrogen-bond donors (Lipinski definition) is 0. The van der Waals surface area contributed by atoms with Gasteiger partial charge in [-0.15, -0.1) is 11.3 Å². The van der Waals surface area contributed by atoms with Gasteiger partial charge >= 0.3 is 29.6 Å². The fourth-order valence-corrected chi connectivity index (χ4v) is 3.07. The Balaban J connectivity index is 0.00000180. The minimum atomic E-state index is -4.23. The van der Waals surface area contributed by atoms with Gasteiger partial charge in [0.15, 0.2) is 3.95 Å². The zero-order valence-corrected chi connectivity index (χ0v) is 14.7. The molecule has 0 fully saturated rings. The van der Waals surface area contributed by atoms with E-state index in [1.807, 2.05) is 24.3 Å². The predicted molar refractivity (Wildman–Crippen MR) is 71.2 cm³/mol. The van der Waals surface area contributed by atoms with Crippen LogP contribution in [0.1, 0.15) is 0 Å². The van der Waals surface area contributed by atoms with E-state index in [4.69, 9.17) is 17.0 Å². The molecule has 0 aliphatic heterocycles. The largest absolute Gasteiger partial charge is 1.00 e. The van der Waals surface area contributed by atoms with Crippen molar-refractivity contribution in [2.45, 2.75) is 6.73 Å². The van der Waals surface area contributed by atoms with Gasteiger partial charge in [-0.05, 0) is 24.4 Å². The van der Waals surface area contributed by atoms with Gasteiger partial charge in [0.2, 0.25) is 0 Å². The second-order valence-electron chi connectivity index (χ2n) is 3.56. The normalized spacial score (nSPS) is 11.4. The summed E-state index contributed by atoms with van der Waals surface area (Å²) in [6.07, 6.45) is 0. The summed E-state index contributed by atoms with van der Waals surface area (Å²) in [6, 6.07) is 7.68. The maximum atomic E-state index is 10.4. The summed E-state index contributed by atoms with van der Waals surface area (Å²) in [6.45, 7) is 0.0240. The summed E-state index contributed by atoms with van der Waals surface area (Å²) < 4.78 is 39.9. The zero-order chi connectivity index (χ0) is 13.2. The van der Waals surface area contributed by atoms with E-state index in [0.717, 1.165) is 10.2 Å². The first-order chi connectivity index (χ1) is 8.47. The van der Waals surface area contributed by atoms with E-state index in [1.165, 1.54) is 11.3 Å². The maximum absolute atomic E-state index is 10.4. The van der Waals surface area contributed by atoms with E-state index in [9.17, 15) is 13.0 Å². The van der Waals surface area contributed by atoms with Crippen LogP contribution in [0.5, 0.6) is 0 Å². The third kappa shape index (κ3) is 4.91. The Hall–Kier alpha value is 0.200. The molecule has 9 heteroatoms. The van der Waals surface area contributed by atoms with Crippen LogP contribution in [0.2, 0.25) is 0 Å². The van der Waals surface area contributed by atoms with Crippen LogP contribution in [0, 0.1) is 3.95 Å². The van der Waals surface area contributed by atoms with Gasteiger partial charge in [-0.25, -0.2) is 8.42 Å². The summed E-state index contributed by atoms with van der Waals surface area (Å²) in [7, 11) is -4.23. The minimum Gasteiger partial charge on any atom is -0.748 e. The molecule has 2 rings (SSSR count). The first-order valence-corrected chi connectivity index (χ1v) is 7.87. The molecule has 0 bridgehead atoms. The smallest absolute Gasteiger partial charge is 0.748 e. The summed E-state index contributed by atoms with van der Waals surface area (Å²) in [5.74, 6) is -0.525. The van der Waals surface area contributed by atoms with Crippen LogP contribution in [-0.2, 0) is 21.6 Å². The Morgan fingerprint density at radius 2 is 2.05 bits per heavy atom. The summed E-state index contributed by atoms with van der Waals surface area (Å²) in [5.41, 5.74) is 0.942. The number of fused-ring (bicyclic) bond motifs is 1. The molecule has 0 unspecified atom stereocenters. The van der Waals surface area contributed by atoms with Crippen LogP contribution in [0.3, 0.4) is 0 Å². The summed E-state index contributed by atoms with van der Waals surface area (Å²) >= 11 is 6.66. The number of rotatable bonds is 5. The van der Waals surface area contributed by atoms with Crippen molar-refractivity contribution in [3.63, 3.8) is 0 Å². The molecule has 98 valence electrons. The quantitative estimate of drug-likeness (QED) is 0.303. The number of thiazole rings is 1. The number of aromatic nitrogens is 1. The monoisotopic (exact) mass is 327 g/mol. The van der Waals surface area contributed by atoms with E-state index in [2.05, 4.69) is 0 Å². The average molecular weight is 327 g/mol. The van der Waals surface area contributed by atoms with Crippen LogP contribution >= 0.6 is 23.6 Å². The van der Waals surface area contributed by atoms with E-state index in [0.29, 0.717) is 3.95 Å². The number of ether oxygens (including phenoxy) is 1. The molecular weight excluding hydrogens is 317 g/mol. The molecule has 0 atom stereocenters. The summed E-state index contributed by atoms with van der Waals surface area (Å²) in [5, 5.41) is 0. The third-order valence-electron chi connectivity index (χ3n) is 2.27. The number of para-hydroxylation sites is 1. The molecule has 0 aliphatic rings. The van der Waals surface area contributed by atoms with Crippen molar-refractivity contribution >= 4 is 43.9 Å². The van der Waals surface area contributed by atoms with Crippen molar-refractivity contribution < 1.29 is 47.3 Å². The average Bonchev–Trinajstić information content (AvgIpc) is 2.59. The van der Waals surface area contributed by atoms with E-state index < -0.39 is 15.9 Å². The zero-order valence-electron chi connectivity index (χ0n) is 10.2. The molecule has 1 heterocycles. The van der Waals surface area contributed by atoms with E-state index in [-0.39, 0.29) is 42.9 Å². The Bertz CT molecular complexity index is 707. The van der Waals surface area contributed by atoms with Gasteiger partial charge in [0.05, 0.1) is 32.7 Å². The van der Waals surface area contributed by atoms with Crippen LogP contribution < -0.4 is 29.6 Å². The number of benzene rings is 1. The fourth-order valence-electron chi connectivity index (χ4n) is 1.45. The molecule has 2 aromatic rings. The SMILES string of the molecule is O=S(=O)([O-])CCOCn1c(=S)sc2ccccc21.[Na+]. The van der Waals surface area contributed by atoms with Gasteiger partial charge in [0, 0.05) is 0 Å². The van der Waals surface area contributed by atoms with Gasteiger partial charge in [-0.2, -0.15) is 0 Å². The maximum Gasteiger partial charge on any atom is 1.00 e. The second-order valence-corrected chi connectivity index (χ2v) is 6.76. The molecular formula is C10H10NNaO4S3. The van der Waals surface area contributed by atoms with E-state index >= 15 is 0 Å². The topological polar surface area (TPSA) is 71.4 Å². The first kappa shape index (κ1) is 17.3. The van der Waals surface area contributed by atoms with E-state index in [1.54, 1.807) is 4.57 Å². The molecule has 0 amide bonds. The molecule has 0 N–H and O–H groups in total.